The van der Waals surface area contributed by atoms with E-state index in [-0.39, 0.29) is 16.8 Å². The van der Waals surface area contributed by atoms with Gasteiger partial charge in [0.2, 0.25) is 0 Å². The Bertz CT molecular complexity index is 731. The number of carbonyl (C=O) groups excluding carboxylic acids is 1. The van der Waals surface area contributed by atoms with Crippen molar-refractivity contribution >= 4 is 33.5 Å². The van der Waals surface area contributed by atoms with Crippen LogP contribution in [-0.4, -0.2) is 17.0 Å². The minimum absolute atomic E-state index is 0.0780. The number of carboxylic acids is 1. The molecule has 6 heteroatoms. The van der Waals surface area contributed by atoms with E-state index in [1.54, 1.807) is 25.1 Å². The molecule has 0 fully saturated rings. The van der Waals surface area contributed by atoms with E-state index in [1.807, 2.05) is 0 Å². The predicted molar refractivity (Wildman–Crippen MR) is 80.2 cm³/mol. The fourth-order valence-corrected chi connectivity index (χ4v) is 2.30. The van der Waals surface area contributed by atoms with Gasteiger partial charge in [-0.05, 0) is 46.6 Å². The molecule has 0 aliphatic heterocycles. The maximum Gasteiger partial charge on any atom is 0.337 e. The molecule has 2 aromatic rings. The van der Waals surface area contributed by atoms with Gasteiger partial charge in [0.05, 0.1) is 16.8 Å². The van der Waals surface area contributed by atoms with Crippen molar-refractivity contribution in [1.82, 2.24) is 0 Å². The second-order valence-electron chi connectivity index (χ2n) is 4.36. The fourth-order valence-electron chi connectivity index (χ4n) is 1.83. The Morgan fingerprint density at radius 1 is 1.14 bits per heavy atom. The average molecular weight is 352 g/mol. The first kappa shape index (κ1) is 15.2. The van der Waals surface area contributed by atoms with E-state index >= 15 is 0 Å². The van der Waals surface area contributed by atoms with Gasteiger partial charge in [0, 0.05) is 4.47 Å². The lowest BCUT2D eigenvalue weighted by Gasteiger charge is -2.11. The van der Waals surface area contributed by atoms with Crippen molar-refractivity contribution in [2.24, 2.45) is 0 Å². The molecule has 0 radical (unpaired) electrons. The Kier molecular flexibility index (Phi) is 4.37. The first-order valence-electron chi connectivity index (χ1n) is 6.00. The highest BCUT2D eigenvalue weighted by Crippen LogP contribution is 2.27. The Labute approximate surface area is 128 Å². The average Bonchev–Trinajstić information content (AvgIpc) is 2.43. The van der Waals surface area contributed by atoms with Crippen LogP contribution in [0.1, 0.15) is 26.3 Å². The van der Waals surface area contributed by atoms with Crippen molar-refractivity contribution in [1.29, 1.82) is 0 Å². The van der Waals surface area contributed by atoms with Crippen LogP contribution in [0.2, 0.25) is 0 Å². The summed E-state index contributed by atoms with van der Waals surface area (Å²) in [6.45, 7) is 1.55. The number of rotatable bonds is 3. The maximum absolute atomic E-state index is 13.9. The lowest BCUT2D eigenvalue weighted by molar-refractivity contribution is 0.0698. The van der Waals surface area contributed by atoms with Crippen molar-refractivity contribution < 1.29 is 19.1 Å². The van der Waals surface area contributed by atoms with E-state index in [1.165, 1.54) is 18.2 Å². The van der Waals surface area contributed by atoms with E-state index in [4.69, 9.17) is 5.11 Å². The summed E-state index contributed by atoms with van der Waals surface area (Å²) in [5, 5.41) is 11.6. The van der Waals surface area contributed by atoms with Gasteiger partial charge >= 0.3 is 5.97 Å². The second-order valence-corrected chi connectivity index (χ2v) is 5.21. The van der Waals surface area contributed by atoms with Gasteiger partial charge in [0.1, 0.15) is 5.82 Å². The molecule has 2 rings (SSSR count). The molecule has 0 spiro atoms. The summed E-state index contributed by atoms with van der Waals surface area (Å²) in [5.41, 5.74) is 0.219. The van der Waals surface area contributed by atoms with Gasteiger partial charge in [0.25, 0.3) is 5.91 Å². The van der Waals surface area contributed by atoms with E-state index in [0.29, 0.717) is 10.0 Å². The Balaban J connectivity index is 2.41. The zero-order chi connectivity index (χ0) is 15.6. The molecule has 0 aromatic heterocycles. The van der Waals surface area contributed by atoms with Crippen LogP contribution in [0, 0.1) is 12.7 Å². The first-order valence-corrected chi connectivity index (χ1v) is 6.79. The first-order chi connectivity index (χ1) is 9.91. The van der Waals surface area contributed by atoms with E-state index in [2.05, 4.69) is 21.2 Å². The number of hydrogen-bond donors (Lipinski definition) is 2. The summed E-state index contributed by atoms with van der Waals surface area (Å²) in [6.07, 6.45) is 0. The molecular weight excluding hydrogens is 341 g/mol. The number of anilines is 1. The highest BCUT2D eigenvalue weighted by molar-refractivity contribution is 9.10. The number of amides is 1. The van der Waals surface area contributed by atoms with Crippen LogP contribution in [0.3, 0.4) is 0 Å². The predicted octanol–water partition coefficient (Wildman–Crippen LogP) is 3.85. The number of nitrogens with one attached hydrogen (secondary N) is 1. The van der Waals surface area contributed by atoms with Crippen LogP contribution in [-0.2, 0) is 0 Å². The molecule has 108 valence electrons. The summed E-state index contributed by atoms with van der Waals surface area (Å²) in [6, 6.07) is 8.94. The number of benzene rings is 2. The fraction of sp³-hybridized carbons (Fsp3) is 0.0667. The standard InChI is InChI=1S/C15H11BrFNO3/c1-8-4-2-5-9(12(8)17)14(19)18-13-10(15(20)21)6-3-7-11(13)16/h2-7H,1H3,(H,18,19)(H,20,21). The molecule has 4 nitrogen and oxygen atoms in total. The smallest absolute Gasteiger partial charge is 0.337 e. The minimum atomic E-state index is -1.18. The van der Waals surface area contributed by atoms with Gasteiger partial charge in [-0.25, -0.2) is 9.18 Å². The Hall–Kier alpha value is -2.21. The largest absolute Gasteiger partial charge is 0.478 e. The molecule has 21 heavy (non-hydrogen) atoms. The molecular formula is C15H11BrFNO3. The molecule has 0 aliphatic carbocycles. The van der Waals surface area contributed by atoms with Gasteiger partial charge in [0.15, 0.2) is 0 Å². The SMILES string of the molecule is Cc1cccc(C(=O)Nc2c(Br)cccc2C(=O)O)c1F. The van der Waals surface area contributed by atoms with Crippen molar-refractivity contribution in [3.8, 4) is 0 Å². The number of carboxylic acid groups (broad SMARTS) is 1. The normalized spacial score (nSPS) is 10.2. The lowest BCUT2D eigenvalue weighted by atomic mass is 10.1. The molecule has 0 heterocycles. The third kappa shape index (κ3) is 3.11. The zero-order valence-electron chi connectivity index (χ0n) is 11.0. The van der Waals surface area contributed by atoms with Crippen LogP contribution in [0.25, 0.3) is 0 Å². The molecule has 2 aromatic carbocycles. The van der Waals surface area contributed by atoms with Crippen molar-refractivity contribution in [2.45, 2.75) is 6.92 Å². The maximum atomic E-state index is 13.9. The summed E-state index contributed by atoms with van der Waals surface area (Å²) >= 11 is 3.18. The van der Waals surface area contributed by atoms with Crippen LogP contribution < -0.4 is 5.32 Å². The number of carbonyl (C=O) groups is 2. The summed E-state index contributed by atoms with van der Waals surface area (Å²) < 4.78 is 14.3. The third-order valence-corrected chi connectivity index (χ3v) is 3.58. The molecule has 0 saturated carbocycles. The van der Waals surface area contributed by atoms with Crippen molar-refractivity contribution in [3.63, 3.8) is 0 Å². The number of halogens is 2. The molecule has 1 amide bonds. The van der Waals surface area contributed by atoms with E-state index in [9.17, 15) is 14.0 Å². The van der Waals surface area contributed by atoms with Gasteiger partial charge in [-0.15, -0.1) is 0 Å². The highest BCUT2D eigenvalue weighted by Gasteiger charge is 2.18. The summed E-state index contributed by atoms with van der Waals surface area (Å²) in [5.74, 6) is -2.51. The number of para-hydroxylation sites is 1. The third-order valence-electron chi connectivity index (χ3n) is 2.92. The van der Waals surface area contributed by atoms with Gasteiger partial charge in [-0.3, -0.25) is 4.79 Å². The minimum Gasteiger partial charge on any atom is -0.478 e. The topological polar surface area (TPSA) is 66.4 Å². The second kappa shape index (κ2) is 6.05. The molecule has 0 unspecified atom stereocenters. The Morgan fingerprint density at radius 3 is 2.43 bits per heavy atom. The summed E-state index contributed by atoms with van der Waals surface area (Å²) in [7, 11) is 0. The van der Waals surface area contributed by atoms with Gasteiger partial charge < -0.3 is 10.4 Å². The van der Waals surface area contributed by atoms with Crippen LogP contribution in [0.15, 0.2) is 40.9 Å². The van der Waals surface area contributed by atoms with Gasteiger partial charge in [-0.2, -0.15) is 0 Å². The molecule has 0 aliphatic rings. The van der Waals surface area contributed by atoms with E-state index in [0.717, 1.165) is 0 Å². The highest BCUT2D eigenvalue weighted by atomic mass is 79.9. The molecule has 0 atom stereocenters. The number of hydrogen-bond acceptors (Lipinski definition) is 2. The monoisotopic (exact) mass is 351 g/mol. The zero-order valence-corrected chi connectivity index (χ0v) is 12.6. The number of aromatic carboxylic acids is 1. The molecule has 0 bridgehead atoms. The van der Waals surface area contributed by atoms with Crippen LogP contribution in [0.5, 0.6) is 0 Å². The quantitative estimate of drug-likeness (QED) is 0.882. The lowest BCUT2D eigenvalue weighted by Crippen LogP contribution is -2.17. The number of aryl methyl sites for hydroxylation is 1. The molecule has 0 saturated heterocycles. The van der Waals surface area contributed by atoms with Gasteiger partial charge in [-0.1, -0.05) is 18.2 Å². The van der Waals surface area contributed by atoms with Crippen molar-refractivity contribution in [2.75, 3.05) is 5.32 Å². The van der Waals surface area contributed by atoms with Crippen LogP contribution in [0.4, 0.5) is 10.1 Å². The summed E-state index contributed by atoms with van der Waals surface area (Å²) in [4.78, 5) is 23.3. The molecule has 2 N–H and O–H groups in total. The Morgan fingerprint density at radius 2 is 1.76 bits per heavy atom. The van der Waals surface area contributed by atoms with Crippen LogP contribution >= 0.6 is 15.9 Å². The van der Waals surface area contributed by atoms with E-state index < -0.39 is 17.7 Å². The van der Waals surface area contributed by atoms with Crippen molar-refractivity contribution in [3.05, 3.63) is 63.4 Å².